The normalized spacial score (nSPS) is 10.0. The van der Waals surface area contributed by atoms with Gasteiger partial charge in [0, 0.05) is 12.4 Å². The molecular formula is C10H6Cl2N2O. The van der Waals surface area contributed by atoms with Crippen LogP contribution in [0.2, 0.25) is 10.0 Å². The van der Waals surface area contributed by atoms with E-state index in [0.29, 0.717) is 21.7 Å². The van der Waals surface area contributed by atoms with Crippen molar-refractivity contribution in [2.24, 2.45) is 0 Å². The Labute approximate surface area is 96.6 Å². The molecule has 15 heavy (non-hydrogen) atoms. The molecule has 0 aliphatic rings. The molecule has 5 heteroatoms. The number of halogens is 2. The highest BCUT2D eigenvalue weighted by Crippen LogP contribution is 2.28. The molecule has 2 aromatic rings. The highest BCUT2D eigenvalue weighted by molar-refractivity contribution is 6.35. The maximum Gasteiger partial charge on any atom is 0.238 e. The Morgan fingerprint density at radius 3 is 2.73 bits per heavy atom. The van der Waals surface area contributed by atoms with Crippen molar-refractivity contribution in [1.82, 2.24) is 9.97 Å². The van der Waals surface area contributed by atoms with Crippen LogP contribution in [-0.4, -0.2) is 9.97 Å². The third-order valence-electron chi connectivity index (χ3n) is 1.62. The molecule has 0 N–H and O–H groups in total. The Morgan fingerprint density at radius 1 is 1.20 bits per heavy atom. The van der Waals surface area contributed by atoms with Gasteiger partial charge in [0.05, 0.1) is 11.2 Å². The Hall–Kier alpha value is -1.32. The Morgan fingerprint density at radius 2 is 2.07 bits per heavy atom. The van der Waals surface area contributed by atoms with Crippen LogP contribution in [0, 0.1) is 0 Å². The Balaban J connectivity index is 2.25. The summed E-state index contributed by atoms with van der Waals surface area (Å²) >= 11 is 11.6. The molecule has 0 aliphatic heterocycles. The fraction of sp³-hybridized carbons (Fsp3) is 0. The average molecular weight is 241 g/mol. The molecule has 0 saturated heterocycles. The summed E-state index contributed by atoms with van der Waals surface area (Å²) in [6.07, 6.45) is 4.70. The fourth-order valence-electron chi connectivity index (χ4n) is 0.996. The van der Waals surface area contributed by atoms with Crippen LogP contribution in [0.15, 0.2) is 36.8 Å². The van der Waals surface area contributed by atoms with Crippen LogP contribution in [0.5, 0.6) is 11.6 Å². The van der Waals surface area contributed by atoms with Crippen LogP contribution >= 0.6 is 23.2 Å². The molecule has 2 aromatic heterocycles. The molecule has 0 atom stereocenters. The van der Waals surface area contributed by atoms with Gasteiger partial charge in [-0.25, -0.2) is 4.98 Å². The van der Waals surface area contributed by atoms with Gasteiger partial charge in [0.25, 0.3) is 0 Å². The van der Waals surface area contributed by atoms with E-state index in [1.807, 2.05) is 0 Å². The second-order valence-electron chi connectivity index (χ2n) is 2.73. The Kier molecular flexibility index (Phi) is 3.04. The molecule has 0 radical (unpaired) electrons. The van der Waals surface area contributed by atoms with E-state index in [0.717, 1.165) is 0 Å². The van der Waals surface area contributed by atoms with E-state index in [2.05, 4.69) is 9.97 Å². The number of rotatable bonds is 2. The van der Waals surface area contributed by atoms with Crippen molar-refractivity contribution in [3.8, 4) is 11.6 Å². The number of hydrogen-bond donors (Lipinski definition) is 0. The van der Waals surface area contributed by atoms with E-state index < -0.39 is 0 Å². The first-order chi connectivity index (χ1) is 7.25. The minimum absolute atomic E-state index is 0.314. The maximum absolute atomic E-state index is 5.89. The van der Waals surface area contributed by atoms with Crippen LogP contribution in [0.4, 0.5) is 0 Å². The first-order valence-corrected chi connectivity index (χ1v) is 4.90. The predicted octanol–water partition coefficient (Wildman–Crippen LogP) is 3.58. The molecule has 3 nitrogen and oxygen atoms in total. The van der Waals surface area contributed by atoms with Crippen LogP contribution < -0.4 is 4.74 Å². The summed E-state index contributed by atoms with van der Waals surface area (Å²) in [7, 11) is 0. The zero-order valence-electron chi connectivity index (χ0n) is 7.52. The number of pyridine rings is 2. The minimum atomic E-state index is 0.314. The van der Waals surface area contributed by atoms with Gasteiger partial charge in [0.2, 0.25) is 5.88 Å². The van der Waals surface area contributed by atoms with Gasteiger partial charge in [0.1, 0.15) is 10.8 Å². The average Bonchev–Trinajstić information content (AvgIpc) is 2.24. The maximum atomic E-state index is 5.89. The molecule has 0 amide bonds. The SMILES string of the molecule is Clc1cnc(Oc2cccnc2)c(Cl)c1. The summed E-state index contributed by atoms with van der Waals surface area (Å²) in [5, 5.41) is 0.838. The largest absolute Gasteiger partial charge is 0.436 e. The highest BCUT2D eigenvalue weighted by Gasteiger charge is 2.05. The van der Waals surface area contributed by atoms with Gasteiger partial charge in [-0.2, -0.15) is 0 Å². The lowest BCUT2D eigenvalue weighted by Crippen LogP contribution is -1.88. The molecular weight excluding hydrogens is 235 g/mol. The van der Waals surface area contributed by atoms with E-state index >= 15 is 0 Å². The standard InChI is InChI=1S/C10H6Cl2N2O/c11-7-4-9(12)10(14-5-7)15-8-2-1-3-13-6-8/h1-6H. The third kappa shape index (κ3) is 2.58. The molecule has 0 aromatic carbocycles. The van der Waals surface area contributed by atoms with Gasteiger partial charge < -0.3 is 4.74 Å². The molecule has 76 valence electrons. The van der Waals surface area contributed by atoms with Crippen molar-refractivity contribution in [3.63, 3.8) is 0 Å². The van der Waals surface area contributed by atoms with Gasteiger partial charge in [0.15, 0.2) is 0 Å². The third-order valence-corrected chi connectivity index (χ3v) is 2.10. The number of ether oxygens (including phenoxy) is 1. The molecule has 0 fully saturated rings. The van der Waals surface area contributed by atoms with Crippen LogP contribution in [0.1, 0.15) is 0 Å². The van der Waals surface area contributed by atoms with Gasteiger partial charge >= 0.3 is 0 Å². The van der Waals surface area contributed by atoms with Crippen molar-refractivity contribution in [1.29, 1.82) is 0 Å². The minimum Gasteiger partial charge on any atom is -0.436 e. The van der Waals surface area contributed by atoms with E-state index in [1.165, 1.54) is 6.20 Å². The van der Waals surface area contributed by atoms with Crippen LogP contribution in [0.3, 0.4) is 0 Å². The van der Waals surface area contributed by atoms with Crippen molar-refractivity contribution in [3.05, 3.63) is 46.8 Å². The zero-order chi connectivity index (χ0) is 10.7. The predicted molar refractivity (Wildman–Crippen MR) is 58.6 cm³/mol. The van der Waals surface area contributed by atoms with Crippen LogP contribution in [-0.2, 0) is 0 Å². The second-order valence-corrected chi connectivity index (χ2v) is 3.57. The quantitative estimate of drug-likeness (QED) is 0.805. The smallest absolute Gasteiger partial charge is 0.238 e. The lowest BCUT2D eigenvalue weighted by atomic mass is 10.4. The van der Waals surface area contributed by atoms with E-state index in [4.69, 9.17) is 27.9 Å². The van der Waals surface area contributed by atoms with Gasteiger partial charge in [-0.05, 0) is 18.2 Å². The topological polar surface area (TPSA) is 35.0 Å². The van der Waals surface area contributed by atoms with Gasteiger partial charge in [-0.15, -0.1) is 0 Å². The molecule has 0 unspecified atom stereocenters. The molecule has 0 bridgehead atoms. The van der Waals surface area contributed by atoms with Crippen molar-refractivity contribution in [2.45, 2.75) is 0 Å². The van der Waals surface area contributed by atoms with Crippen molar-refractivity contribution < 1.29 is 4.74 Å². The summed E-state index contributed by atoms with van der Waals surface area (Å²) < 4.78 is 5.40. The number of aromatic nitrogens is 2. The summed E-state index contributed by atoms with van der Waals surface area (Å²) in [4.78, 5) is 7.87. The van der Waals surface area contributed by atoms with Crippen LogP contribution in [0.25, 0.3) is 0 Å². The van der Waals surface area contributed by atoms with Crippen molar-refractivity contribution >= 4 is 23.2 Å². The zero-order valence-corrected chi connectivity index (χ0v) is 9.03. The summed E-state index contributed by atoms with van der Waals surface area (Å²) in [6.45, 7) is 0. The Bertz CT molecular complexity index is 462. The summed E-state index contributed by atoms with van der Waals surface area (Å²) in [6, 6.07) is 5.10. The molecule has 2 heterocycles. The van der Waals surface area contributed by atoms with E-state index in [-0.39, 0.29) is 0 Å². The lowest BCUT2D eigenvalue weighted by molar-refractivity contribution is 0.461. The first kappa shape index (κ1) is 10.2. The molecule has 0 spiro atoms. The van der Waals surface area contributed by atoms with E-state index in [1.54, 1.807) is 30.6 Å². The highest BCUT2D eigenvalue weighted by atomic mass is 35.5. The molecule has 0 saturated carbocycles. The summed E-state index contributed by atoms with van der Waals surface area (Å²) in [5.41, 5.74) is 0. The van der Waals surface area contributed by atoms with Gasteiger partial charge in [-0.1, -0.05) is 23.2 Å². The lowest BCUT2D eigenvalue weighted by Gasteiger charge is -2.05. The summed E-state index contributed by atoms with van der Waals surface area (Å²) in [5.74, 6) is 0.892. The van der Waals surface area contributed by atoms with Gasteiger partial charge in [-0.3, -0.25) is 4.98 Å². The molecule has 2 rings (SSSR count). The number of nitrogens with zero attached hydrogens (tertiary/aromatic N) is 2. The second kappa shape index (κ2) is 4.47. The first-order valence-electron chi connectivity index (χ1n) is 4.14. The van der Waals surface area contributed by atoms with Crippen molar-refractivity contribution in [2.75, 3.05) is 0 Å². The fourth-order valence-corrected chi connectivity index (χ4v) is 1.41. The van der Waals surface area contributed by atoms with E-state index in [9.17, 15) is 0 Å². The number of hydrogen-bond acceptors (Lipinski definition) is 3. The molecule has 0 aliphatic carbocycles. The monoisotopic (exact) mass is 240 g/mol.